The van der Waals surface area contributed by atoms with Crippen molar-refractivity contribution in [3.8, 4) is 0 Å². The van der Waals surface area contributed by atoms with Crippen molar-refractivity contribution in [3.63, 3.8) is 0 Å². The number of carboxylic acid groups (broad SMARTS) is 1. The van der Waals surface area contributed by atoms with Gasteiger partial charge in [-0.3, -0.25) is 0 Å². The number of carbonyl (C=O) groups is 2. The lowest BCUT2D eigenvalue weighted by atomic mass is 10.0. The van der Waals surface area contributed by atoms with Crippen LogP contribution in [0.2, 0.25) is 0 Å². The number of ether oxygens (including phenoxy) is 1. The molecule has 9 heteroatoms. The number of rotatable bonds is 9. The number of oxime groups is 1. The molecule has 0 spiro atoms. The third-order valence-corrected chi connectivity index (χ3v) is 4.98. The van der Waals surface area contributed by atoms with Crippen LogP contribution in [0.15, 0.2) is 71.2 Å². The average Bonchev–Trinajstić information content (AvgIpc) is 3.21. The van der Waals surface area contributed by atoms with E-state index in [1.807, 2.05) is 60.7 Å². The second-order valence-electron chi connectivity index (χ2n) is 6.46. The third kappa shape index (κ3) is 5.67. The molecule has 0 aliphatic heterocycles. The Morgan fingerprint density at radius 3 is 2.13 bits per heavy atom. The Balaban J connectivity index is 1.80. The molecule has 3 rings (SSSR count). The Bertz CT molecular complexity index is 1010. The maximum atomic E-state index is 12.9. The summed E-state index contributed by atoms with van der Waals surface area (Å²) in [6, 6.07) is 18.6. The number of hydrogen-bond donors (Lipinski definition) is 2. The highest BCUT2D eigenvalue weighted by molar-refractivity contribution is 7.13. The van der Waals surface area contributed by atoms with Crippen LogP contribution < -0.4 is 5.73 Å². The SMILES string of the molecule is CCC(ON=C(C(=O)O)c1csc(N)n1)C(=O)OC(c1ccccc1)c1ccccc1. The van der Waals surface area contributed by atoms with Crippen LogP contribution in [0.3, 0.4) is 0 Å². The van der Waals surface area contributed by atoms with E-state index >= 15 is 0 Å². The second-order valence-corrected chi connectivity index (χ2v) is 7.35. The molecule has 3 aromatic rings. The van der Waals surface area contributed by atoms with Gasteiger partial charge in [-0.25, -0.2) is 14.6 Å². The van der Waals surface area contributed by atoms with E-state index < -0.39 is 29.9 Å². The molecule has 0 amide bonds. The Labute approximate surface area is 182 Å². The zero-order valence-corrected chi connectivity index (χ0v) is 17.5. The van der Waals surface area contributed by atoms with Crippen molar-refractivity contribution in [3.05, 3.63) is 82.9 Å². The number of nitrogens with two attached hydrogens (primary N) is 1. The van der Waals surface area contributed by atoms with Crippen molar-refractivity contribution in [2.24, 2.45) is 5.16 Å². The molecule has 0 saturated carbocycles. The van der Waals surface area contributed by atoms with E-state index in [-0.39, 0.29) is 17.2 Å². The molecule has 8 nitrogen and oxygen atoms in total. The van der Waals surface area contributed by atoms with Crippen molar-refractivity contribution in [2.45, 2.75) is 25.6 Å². The molecule has 1 unspecified atom stereocenters. The molecule has 3 N–H and O–H groups in total. The van der Waals surface area contributed by atoms with Crippen LogP contribution >= 0.6 is 11.3 Å². The summed E-state index contributed by atoms with van der Waals surface area (Å²) >= 11 is 1.08. The van der Waals surface area contributed by atoms with Crippen LogP contribution in [0.25, 0.3) is 0 Å². The number of aliphatic carboxylic acids is 1. The molecule has 0 aliphatic rings. The van der Waals surface area contributed by atoms with E-state index in [9.17, 15) is 14.7 Å². The van der Waals surface area contributed by atoms with Crippen molar-refractivity contribution in [2.75, 3.05) is 5.73 Å². The first-order valence-electron chi connectivity index (χ1n) is 9.48. The monoisotopic (exact) mass is 439 g/mol. The zero-order chi connectivity index (χ0) is 22.2. The Hall–Kier alpha value is -3.72. The van der Waals surface area contributed by atoms with Crippen LogP contribution in [0.4, 0.5) is 5.13 Å². The first-order valence-corrected chi connectivity index (χ1v) is 10.4. The van der Waals surface area contributed by atoms with Gasteiger partial charge in [0.1, 0.15) is 5.69 Å². The maximum absolute atomic E-state index is 12.9. The van der Waals surface area contributed by atoms with E-state index in [0.717, 1.165) is 22.5 Å². The summed E-state index contributed by atoms with van der Waals surface area (Å²) < 4.78 is 5.76. The van der Waals surface area contributed by atoms with Gasteiger partial charge in [-0.15, -0.1) is 11.3 Å². The summed E-state index contributed by atoms with van der Waals surface area (Å²) in [5.41, 5.74) is 6.77. The van der Waals surface area contributed by atoms with Crippen LogP contribution in [0.5, 0.6) is 0 Å². The summed E-state index contributed by atoms with van der Waals surface area (Å²) in [6.07, 6.45) is -1.51. The molecular weight excluding hydrogens is 418 g/mol. The molecule has 0 saturated heterocycles. The lowest BCUT2D eigenvalue weighted by Crippen LogP contribution is -2.27. The molecule has 0 radical (unpaired) electrons. The molecular formula is C22H21N3O5S. The van der Waals surface area contributed by atoms with E-state index in [0.29, 0.717) is 0 Å². The van der Waals surface area contributed by atoms with Gasteiger partial charge in [-0.05, 0) is 17.5 Å². The fourth-order valence-corrected chi connectivity index (χ4v) is 3.32. The normalized spacial score (nSPS) is 12.4. The number of anilines is 1. The predicted molar refractivity (Wildman–Crippen MR) is 117 cm³/mol. The number of carbonyl (C=O) groups excluding carboxylic acids is 1. The van der Waals surface area contributed by atoms with Crippen LogP contribution in [0.1, 0.15) is 36.3 Å². The van der Waals surface area contributed by atoms with E-state index in [1.165, 1.54) is 5.38 Å². The van der Waals surface area contributed by atoms with Gasteiger partial charge in [0.05, 0.1) is 0 Å². The van der Waals surface area contributed by atoms with Crippen LogP contribution in [0, 0.1) is 0 Å². The topological polar surface area (TPSA) is 124 Å². The molecule has 160 valence electrons. The molecule has 31 heavy (non-hydrogen) atoms. The lowest BCUT2D eigenvalue weighted by molar-refractivity contribution is -0.161. The van der Waals surface area contributed by atoms with Gasteiger partial charge >= 0.3 is 11.9 Å². The van der Waals surface area contributed by atoms with E-state index in [1.54, 1.807) is 6.92 Å². The van der Waals surface area contributed by atoms with Gasteiger partial charge in [0.15, 0.2) is 11.2 Å². The van der Waals surface area contributed by atoms with Gasteiger partial charge in [0.25, 0.3) is 0 Å². The minimum atomic E-state index is -1.35. The first kappa shape index (κ1) is 22.0. The van der Waals surface area contributed by atoms with Gasteiger partial charge in [-0.2, -0.15) is 0 Å². The minimum Gasteiger partial charge on any atom is -0.476 e. The summed E-state index contributed by atoms with van der Waals surface area (Å²) in [5.74, 6) is -2.01. The molecule has 1 atom stereocenters. The van der Waals surface area contributed by atoms with Crippen molar-refractivity contribution < 1.29 is 24.3 Å². The largest absolute Gasteiger partial charge is 0.476 e. The van der Waals surface area contributed by atoms with E-state index in [2.05, 4.69) is 10.1 Å². The summed E-state index contributed by atoms with van der Waals surface area (Å²) in [6.45, 7) is 1.71. The minimum absolute atomic E-state index is 0.0599. The molecule has 0 bridgehead atoms. The van der Waals surface area contributed by atoms with Crippen LogP contribution in [-0.4, -0.2) is 33.8 Å². The Morgan fingerprint density at radius 1 is 1.10 bits per heavy atom. The average molecular weight is 439 g/mol. The number of nitrogens with zero attached hydrogens (tertiary/aromatic N) is 2. The molecule has 1 heterocycles. The number of benzene rings is 2. The van der Waals surface area contributed by atoms with Gasteiger partial charge in [0, 0.05) is 5.38 Å². The molecule has 0 fully saturated rings. The number of nitrogen functional groups attached to an aromatic ring is 1. The standard InChI is InChI=1S/C22H21N3O5S/c1-2-17(30-25-18(20(26)27)16-13-31-22(23)24-16)21(28)29-19(14-9-5-3-6-10-14)15-11-7-4-8-12-15/h3-13,17,19H,2H2,1H3,(H2,23,24)(H,26,27). The van der Waals surface area contributed by atoms with Gasteiger partial charge in [-0.1, -0.05) is 72.7 Å². The van der Waals surface area contributed by atoms with Crippen molar-refractivity contribution >= 4 is 34.1 Å². The van der Waals surface area contributed by atoms with Gasteiger partial charge < -0.3 is 20.4 Å². The summed E-state index contributed by atoms with van der Waals surface area (Å²) in [7, 11) is 0. The van der Waals surface area contributed by atoms with Crippen molar-refractivity contribution in [1.82, 2.24) is 4.98 Å². The maximum Gasteiger partial charge on any atom is 0.360 e. The highest BCUT2D eigenvalue weighted by Gasteiger charge is 2.27. The zero-order valence-electron chi connectivity index (χ0n) is 16.7. The predicted octanol–water partition coefficient (Wildman–Crippen LogP) is 3.64. The summed E-state index contributed by atoms with van der Waals surface area (Å²) in [4.78, 5) is 33.5. The smallest absolute Gasteiger partial charge is 0.360 e. The first-order chi connectivity index (χ1) is 15.0. The highest BCUT2D eigenvalue weighted by Crippen LogP contribution is 2.27. The number of carboxylic acids is 1. The number of hydrogen-bond acceptors (Lipinski definition) is 8. The van der Waals surface area contributed by atoms with Crippen molar-refractivity contribution in [1.29, 1.82) is 0 Å². The Kier molecular flexibility index (Phi) is 7.34. The highest BCUT2D eigenvalue weighted by atomic mass is 32.1. The third-order valence-electron chi connectivity index (χ3n) is 4.31. The number of esters is 1. The number of aromatic nitrogens is 1. The quantitative estimate of drug-likeness (QED) is 0.296. The molecule has 2 aromatic carbocycles. The number of thiazole rings is 1. The lowest BCUT2D eigenvalue weighted by Gasteiger charge is -2.21. The van der Waals surface area contributed by atoms with Crippen LogP contribution in [-0.2, 0) is 19.2 Å². The second kappa shape index (κ2) is 10.4. The summed E-state index contributed by atoms with van der Waals surface area (Å²) in [5, 5.41) is 14.7. The molecule has 1 aromatic heterocycles. The molecule has 0 aliphatic carbocycles. The van der Waals surface area contributed by atoms with Gasteiger partial charge in [0.2, 0.25) is 11.8 Å². The van der Waals surface area contributed by atoms with E-state index in [4.69, 9.17) is 15.3 Å². The Morgan fingerprint density at radius 2 is 1.68 bits per heavy atom. The fourth-order valence-electron chi connectivity index (χ4n) is 2.77. The fraction of sp³-hybridized carbons (Fsp3) is 0.182.